The van der Waals surface area contributed by atoms with E-state index in [0.29, 0.717) is 38.8 Å². The van der Waals surface area contributed by atoms with Gasteiger partial charge in [0.25, 0.3) is 5.92 Å². The molecule has 0 spiro atoms. The number of hydrogen-bond acceptors (Lipinski definition) is 4. The molecule has 3 N–H and O–H groups in total. The highest BCUT2D eigenvalue weighted by atomic mass is 19.3. The predicted octanol–water partition coefficient (Wildman–Crippen LogP) is 2.96. The molecular weight excluding hydrogens is 266 g/mol. The van der Waals surface area contributed by atoms with E-state index in [-0.39, 0.29) is 29.6 Å². The Morgan fingerprint density at radius 1 is 1.40 bits per heavy atom. The van der Waals surface area contributed by atoms with E-state index in [4.69, 9.17) is 5.41 Å². The van der Waals surface area contributed by atoms with Crippen LogP contribution in [0.4, 0.5) is 8.78 Å². The van der Waals surface area contributed by atoms with Crippen molar-refractivity contribution in [3.05, 3.63) is 23.6 Å². The summed E-state index contributed by atoms with van der Waals surface area (Å²) in [4.78, 5) is 10.8. The number of alkyl halides is 2. The average Bonchev–Trinajstić information content (AvgIpc) is 2.38. The lowest BCUT2D eigenvalue weighted by atomic mass is 9.85. The first kappa shape index (κ1) is 16.3. The standard InChI is InChI=1S/C14H20F2N2O2/c1-9(20)10-3-5-12(6-4-10)18-13(14(2,15)16)11(7-17)8-19/h7-8,10,12,17-18,20H,1,3-6H2,2H3/b13-11+,17-7?. The summed E-state index contributed by atoms with van der Waals surface area (Å²) < 4.78 is 27.1. The Morgan fingerprint density at radius 3 is 2.30 bits per heavy atom. The van der Waals surface area contributed by atoms with E-state index < -0.39 is 11.6 Å². The van der Waals surface area contributed by atoms with E-state index in [0.717, 1.165) is 0 Å². The molecule has 0 bridgehead atoms. The van der Waals surface area contributed by atoms with Crippen molar-refractivity contribution < 1.29 is 18.7 Å². The Kier molecular flexibility index (Phi) is 5.42. The molecule has 0 aromatic rings. The Hall–Kier alpha value is -1.72. The van der Waals surface area contributed by atoms with Gasteiger partial charge in [0.2, 0.25) is 0 Å². The zero-order valence-electron chi connectivity index (χ0n) is 11.5. The number of allylic oxidation sites excluding steroid dienone is 3. The fourth-order valence-corrected chi connectivity index (χ4v) is 2.40. The summed E-state index contributed by atoms with van der Waals surface area (Å²) in [6, 6.07) is -0.193. The first-order chi connectivity index (χ1) is 9.29. The van der Waals surface area contributed by atoms with Crippen LogP contribution in [0, 0.1) is 11.3 Å². The van der Waals surface area contributed by atoms with Crippen molar-refractivity contribution >= 4 is 12.5 Å². The maximum absolute atomic E-state index is 13.5. The number of nitrogens with one attached hydrogen (secondary N) is 2. The molecule has 6 heteroatoms. The summed E-state index contributed by atoms with van der Waals surface area (Å²) in [5, 5.41) is 19.1. The molecule has 0 aromatic heterocycles. The molecule has 0 heterocycles. The molecule has 0 radical (unpaired) electrons. The largest absolute Gasteiger partial charge is 0.513 e. The quantitative estimate of drug-likeness (QED) is 0.304. The minimum absolute atomic E-state index is 0.0101. The third-order valence-corrected chi connectivity index (χ3v) is 3.56. The van der Waals surface area contributed by atoms with E-state index in [1.54, 1.807) is 0 Å². The third-order valence-electron chi connectivity index (χ3n) is 3.56. The molecule has 1 saturated carbocycles. The lowest BCUT2D eigenvalue weighted by Gasteiger charge is -2.31. The van der Waals surface area contributed by atoms with Gasteiger partial charge < -0.3 is 15.8 Å². The van der Waals surface area contributed by atoms with Crippen LogP contribution in [-0.2, 0) is 4.79 Å². The van der Waals surface area contributed by atoms with Crippen molar-refractivity contribution in [2.75, 3.05) is 0 Å². The number of halogens is 2. The molecule has 1 fully saturated rings. The summed E-state index contributed by atoms with van der Waals surface area (Å²) in [7, 11) is 0. The number of carbonyl (C=O) groups excluding carboxylic acids is 1. The van der Waals surface area contributed by atoms with E-state index in [1.807, 2.05) is 0 Å². The van der Waals surface area contributed by atoms with Gasteiger partial charge in [-0.15, -0.1) is 0 Å². The SMILES string of the molecule is C=C(O)C1CCC(N/C(=C(\C=N)C=O)C(C)(F)F)CC1. The first-order valence-electron chi connectivity index (χ1n) is 6.52. The topological polar surface area (TPSA) is 73.2 Å². The van der Waals surface area contributed by atoms with Crippen LogP contribution in [0.1, 0.15) is 32.6 Å². The van der Waals surface area contributed by atoms with Crippen LogP contribution in [0.15, 0.2) is 23.6 Å². The van der Waals surface area contributed by atoms with E-state index in [1.165, 1.54) is 0 Å². The summed E-state index contributed by atoms with van der Waals surface area (Å²) >= 11 is 0. The van der Waals surface area contributed by atoms with Gasteiger partial charge in [-0.3, -0.25) is 4.79 Å². The number of rotatable bonds is 6. The summed E-state index contributed by atoms with van der Waals surface area (Å²) in [5.41, 5.74) is -0.847. The monoisotopic (exact) mass is 286 g/mol. The van der Waals surface area contributed by atoms with E-state index in [9.17, 15) is 18.7 Å². The van der Waals surface area contributed by atoms with E-state index >= 15 is 0 Å². The number of hydrogen-bond donors (Lipinski definition) is 3. The van der Waals surface area contributed by atoms with Gasteiger partial charge in [-0.05, 0) is 25.7 Å². The summed E-state index contributed by atoms with van der Waals surface area (Å²) in [6.45, 7) is 4.19. The molecule has 20 heavy (non-hydrogen) atoms. The summed E-state index contributed by atoms with van der Waals surface area (Å²) in [5.74, 6) is -3.06. The van der Waals surface area contributed by atoms with Crippen molar-refractivity contribution in [2.45, 2.75) is 44.6 Å². The maximum atomic E-state index is 13.5. The van der Waals surface area contributed by atoms with E-state index in [2.05, 4.69) is 11.9 Å². The first-order valence-corrected chi connectivity index (χ1v) is 6.52. The van der Waals surface area contributed by atoms with Crippen LogP contribution >= 0.6 is 0 Å². The Balaban J connectivity index is 2.79. The zero-order valence-corrected chi connectivity index (χ0v) is 11.5. The van der Waals surface area contributed by atoms with Crippen LogP contribution in [0.25, 0.3) is 0 Å². The molecule has 0 atom stereocenters. The number of aliphatic hydroxyl groups is 1. The van der Waals surface area contributed by atoms with Gasteiger partial charge >= 0.3 is 0 Å². The number of carbonyl (C=O) groups is 1. The Morgan fingerprint density at radius 2 is 1.95 bits per heavy atom. The van der Waals surface area contributed by atoms with Gasteiger partial charge in [-0.1, -0.05) is 6.58 Å². The zero-order chi connectivity index (χ0) is 15.3. The molecule has 0 amide bonds. The van der Waals surface area contributed by atoms with Crippen molar-refractivity contribution in [1.29, 1.82) is 5.41 Å². The van der Waals surface area contributed by atoms with Crippen LogP contribution in [-0.4, -0.2) is 29.6 Å². The minimum Gasteiger partial charge on any atom is -0.513 e. The minimum atomic E-state index is -3.20. The Labute approximate surface area is 117 Å². The predicted molar refractivity (Wildman–Crippen MR) is 73.1 cm³/mol. The van der Waals surface area contributed by atoms with Gasteiger partial charge in [0.05, 0.1) is 17.0 Å². The second-order valence-electron chi connectivity index (χ2n) is 5.17. The van der Waals surface area contributed by atoms with Gasteiger partial charge in [0, 0.05) is 25.1 Å². The van der Waals surface area contributed by atoms with Gasteiger partial charge in [0.15, 0.2) is 6.29 Å². The smallest absolute Gasteiger partial charge is 0.285 e. The van der Waals surface area contributed by atoms with Gasteiger partial charge in [-0.25, -0.2) is 8.78 Å². The second kappa shape index (κ2) is 6.63. The van der Waals surface area contributed by atoms with Crippen LogP contribution in [0.2, 0.25) is 0 Å². The third kappa shape index (κ3) is 4.15. The van der Waals surface area contributed by atoms with Crippen molar-refractivity contribution in [2.24, 2.45) is 5.92 Å². The van der Waals surface area contributed by atoms with Crippen molar-refractivity contribution in [3.8, 4) is 0 Å². The molecule has 0 aromatic carbocycles. The fourth-order valence-electron chi connectivity index (χ4n) is 2.40. The molecule has 0 unspecified atom stereocenters. The molecule has 0 aliphatic heterocycles. The number of aldehydes is 1. The molecule has 1 rings (SSSR count). The average molecular weight is 286 g/mol. The Bertz CT molecular complexity index is 409. The lowest BCUT2D eigenvalue weighted by molar-refractivity contribution is -0.104. The molecule has 1 aliphatic rings. The highest BCUT2D eigenvalue weighted by Crippen LogP contribution is 2.30. The molecular formula is C14H20F2N2O2. The molecule has 112 valence electrons. The second-order valence-corrected chi connectivity index (χ2v) is 5.17. The number of aliphatic hydroxyl groups excluding tert-OH is 1. The molecule has 1 aliphatic carbocycles. The van der Waals surface area contributed by atoms with Crippen molar-refractivity contribution in [1.82, 2.24) is 5.32 Å². The molecule has 4 nitrogen and oxygen atoms in total. The van der Waals surface area contributed by atoms with Crippen LogP contribution in [0.3, 0.4) is 0 Å². The normalized spacial score (nSPS) is 24.6. The van der Waals surface area contributed by atoms with Gasteiger partial charge in [-0.2, -0.15) is 0 Å². The highest BCUT2D eigenvalue weighted by Gasteiger charge is 2.33. The highest BCUT2D eigenvalue weighted by molar-refractivity contribution is 6.01. The van der Waals surface area contributed by atoms with Crippen LogP contribution in [0.5, 0.6) is 0 Å². The van der Waals surface area contributed by atoms with Crippen LogP contribution < -0.4 is 5.32 Å². The summed E-state index contributed by atoms with van der Waals surface area (Å²) in [6.07, 6.45) is 3.43. The fraction of sp³-hybridized carbons (Fsp3) is 0.571. The maximum Gasteiger partial charge on any atom is 0.285 e. The molecule has 0 saturated heterocycles. The van der Waals surface area contributed by atoms with Crippen molar-refractivity contribution in [3.63, 3.8) is 0 Å². The van der Waals surface area contributed by atoms with Gasteiger partial charge in [0.1, 0.15) is 0 Å². The lowest BCUT2D eigenvalue weighted by Crippen LogP contribution is -2.39.